The Hall–Kier alpha value is -4.57. The molecule has 41 heavy (non-hydrogen) atoms. The quantitative estimate of drug-likeness (QED) is 0.331. The molecule has 1 atom stereocenters. The van der Waals surface area contributed by atoms with Crippen LogP contribution in [0.15, 0.2) is 71.5 Å². The van der Waals surface area contributed by atoms with E-state index >= 15 is 0 Å². The molecule has 0 bridgehead atoms. The van der Waals surface area contributed by atoms with Crippen molar-refractivity contribution in [3.63, 3.8) is 0 Å². The van der Waals surface area contributed by atoms with Gasteiger partial charge in [0.25, 0.3) is 5.56 Å². The molecule has 5 rings (SSSR count). The molecule has 1 unspecified atom stereocenters. The van der Waals surface area contributed by atoms with Crippen LogP contribution in [0.3, 0.4) is 0 Å². The van der Waals surface area contributed by atoms with Crippen molar-refractivity contribution in [3.8, 4) is 17.2 Å². The first kappa shape index (κ1) is 28.0. The molecule has 1 amide bonds. The van der Waals surface area contributed by atoms with Crippen LogP contribution < -0.4 is 29.7 Å². The van der Waals surface area contributed by atoms with Gasteiger partial charge >= 0.3 is 6.09 Å². The van der Waals surface area contributed by atoms with Crippen molar-refractivity contribution in [2.45, 2.75) is 19.9 Å². The molecule has 214 valence electrons. The van der Waals surface area contributed by atoms with Crippen molar-refractivity contribution < 1.29 is 19.0 Å². The summed E-state index contributed by atoms with van der Waals surface area (Å²) < 4.78 is 18.6. The Morgan fingerprint density at radius 3 is 2.29 bits per heavy atom. The number of benzene rings is 3. The Labute approximate surface area is 239 Å². The van der Waals surface area contributed by atoms with E-state index in [2.05, 4.69) is 11.9 Å². The minimum absolute atomic E-state index is 0.185. The van der Waals surface area contributed by atoms with Crippen LogP contribution in [0.2, 0.25) is 0 Å². The highest BCUT2D eigenvalue weighted by molar-refractivity contribution is 5.92. The number of aromatic nitrogens is 2. The predicted molar refractivity (Wildman–Crippen MR) is 159 cm³/mol. The minimum atomic E-state index is -0.729. The zero-order valence-corrected chi connectivity index (χ0v) is 24.0. The molecule has 0 N–H and O–H groups in total. The van der Waals surface area contributed by atoms with E-state index in [4.69, 9.17) is 19.2 Å². The van der Waals surface area contributed by atoms with Crippen LogP contribution in [0.5, 0.6) is 17.2 Å². The number of para-hydroxylation sites is 1. The highest BCUT2D eigenvalue weighted by Gasteiger charge is 2.33. The second-order valence-corrected chi connectivity index (χ2v) is 10.1. The first-order chi connectivity index (χ1) is 19.8. The number of carbonyl (C=O) groups excluding carboxylic acids is 1. The smallest absolute Gasteiger partial charge is 0.420 e. The van der Waals surface area contributed by atoms with Gasteiger partial charge in [-0.25, -0.2) is 14.5 Å². The lowest BCUT2D eigenvalue weighted by Gasteiger charge is -2.38. The third-order valence-electron chi connectivity index (χ3n) is 7.37. The van der Waals surface area contributed by atoms with Crippen molar-refractivity contribution in [2.75, 3.05) is 57.4 Å². The molecule has 1 aliphatic rings. The number of ether oxygens (including phenoxy) is 3. The van der Waals surface area contributed by atoms with Crippen LogP contribution in [0.25, 0.3) is 10.9 Å². The number of fused-ring (bicyclic) bond motifs is 1. The molecule has 10 nitrogen and oxygen atoms in total. The standard InChI is InChI=1S/C31H35N5O5/c1-21-10-12-23(13-11-21)41-31(38)35(27-15-14-24(39-4)20-28(27)40-5)22(2)29-32-26-9-7-6-8-25(26)30(37)36(29)34-18-16-33(3)17-19-34/h6-15,20,22H,16-19H2,1-5H3. The number of carbonyl (C=O) groups is 1. The summed E-state index contributed by atoms with van der Waals surface area (Å²) in [6.45, 7) is 6.65. The summed E-state index contributed by atoms with van der Waals surface area (Å²) in [5, 5.41) is 2.51. The van der Waals surface area contributed by atoms with Crippen molar-refractivity contribution in [1.82, 2.24) is 14.6 Å². The topological polar surface area (TPSA) is 89.4 Å². The summed E-state index contributed by atoms with van der Waals surface area (Å²) in [7, 11) is 5.15. The van der Waals surface area contributed by atoms with E-state index in [1.165, 1.54) is 12.0 Å². The normalized spacial score (nSPS) is 14.5. The van der Waals surface area contributed by atoms with Crippen molar-refractivity contribution in [1.29, 1.82) is 0 Å². The number of nitrogens with zero attached hydrogens (tertiary/aromatic N) is 5. The maximum atomic E-state index is 14.0. The zero-order valence-electron chi connectivity index (χ0n) is 24.0. The number of amides is 1. The average Bonchev–Trinajstić information content (AvgIpc) is 2.99. The fraction of sp³-hybridized carbons (Fsp3) is 0.323. The summed E-state index contributed by atoms with van der Waals surface area (Å²) in [6.07, 6.45) is -0.642. The van der Waals surface area contributed by atoms with Gasteiger partial charge in [-0.3, -0.25) is 9.69 Å². The van der Waals surface area contributed by atoms with Crippen LogP contribution in [-0.2, 0) is 0 Å². The molecular weight excluding hydrogens is 522 g/mol. The number of hydrogen-bond donors (Lipinski definition) is 0. The second kappa shape index (κ2) is 11.9. The molecule has 1 aliphatic heterocycles. The minimum Gasteiger partial charge on any atom is -0.497 e. The van der Waals surface area contributed by atoms with Gasteiger partial charge in [0.2, 0.25) is 0 Å². The summed E-state index contributed by atoms with van der Waals surface area (Å²) in [6, 6.07) is 19.0. The summed E-state index contributed by atoms with van der Waals surface area (Å²) in [5.41, 5.74) is 1.86. The molecule has 2 heterocycles. The summed E-state index contributed by atoms with van der Waals surface area (Å²) in [5.74, 6) is 1.79. The van der Waals surface area contributed by atoms with Gasteiger partial charge in [-0.1, -0.05) is 29.8 Å². The Balaban J connectivity index is 1.67. The Kier molecular flexibility index (Phi) is 8.11. The first-order valence-corrected chi connectivity index (χ1v) is 13.6. The van der Waals surface area contributed by atoms with Crippen LogP contribution in [-0.4, -0.2) is 68.1 Å². The maximum absolute atomic E-state index is 14.0. The highest BCUT2D eigenvalue weighted by atomic mass is 16.6. The molecule has 1 saturated heterocycles. The van der Waals surface area contributed by atoms with Gasteiger partial charge in [-0.2, -0.15) is 0 Å². The van der Waals surface area contributed by atoms with Gasteiger partial charge in [-0.15, -0.1) is 0 Å². The van der Waals surface area contributed by atoms with Gasteiger partial charge in [0.15, 0.2) is 5.82 Å². The average molecular weight is 558 g/mol. The lowest BCUT2D eigenvalue weighted by Crippen LogP contribution is -2.55. The van der Waals surface area contributed by atoms with Crippen molar-refractivity contribution >= 4 is 22.7 Å². The fourth-order valence-electron chi connectivity index (χ4n) is 5.00. The zero-order chi connectivity index (χ0) is 29.1. The molecule has 1 aromatic heterocycles. The lowest BCUT2D eigenvalue weighted by atomic mass is 10.1. The van der Waals surface area contributed by atoms with Gasteiger partial charge in [-0.05, 0) is 57.3 Å². The number of methoxy groups -OCH3 is 2. The van der Waals surface area contributed by atoms with E-state index in [1.807, 2.05) is 49.2 Å². The fourth-order valence-corrected chi connectivity index (χ4v) is 5.00. The molecule has 1 fully saturated rings. The van der Waals surface area contributed by atoms with E-state index in [-0.39, 0.29) is 5.56 Å². The molecule has 4 aromatic rings. The van der Waals surface area contributed by atoms with E-state index in [0.717, 1.165) is 18.7 Å². The molecule has 0 aliphatic carbocycles. The number of hydrogen-bond acceptors (Lipinski definition) is 8. The van der Waals surface area contributed by atoms with Crippen LogP contribution >= 0.6 is 0 Å². The SMILES string of the molecule is COc1ccc(N(C(=O)Oc2ccc(C)cc2)C(C)c2nc3ccccc3c(=O)n2N2CCN(C)CC2)c(OC)c1. The Morgan fingerprint density at radius 1 is 0.927 bits per heavy atom. The number of aryl methyl sites for hydroxylation is 1. The third kappa shape index (κ3) is 5.69. The largest absolute Gasteiger partial charge is 0.497 e. The van der Waals surface area contributed by atoms with Gasteiger partial charge in [0.1, 0.15) is 17.2 Å². The monoisotopic (exact) mass is 557 g/mol. The summed E-state index contributed by atoms with van der Waals surface area (Å²) in [4.78, 5) is 36.6. The number of anilines is 1. The predicted octanol–water partition coefficient (Wildman–Crippen LogP) is 4.37. The number of piperazine rings is 1. The molecule has 3 aromatic carbocycles. The molecule has 0 saturated carbocycles. The van der Waals surface area contributed by atoms with Crippen LogP contribution in [0, 0.1) is 6.92 Å². The maximum Gasteiger partial charge on any atom is 0.420 e. The van der Waals surface area contributed by atoms with E-state index in [1.54, 1.807) is 48.2 Å². The van der Waals surface area contributed by atoms with E-state index in [9.17, 15) is 9.59 Å². The number of likely N-dealkylation sites (N-methyl/N-ethyl adjacent to an activating group) is 1. The molecule has 0 spiro atoms. The Bertz CT molecular complexity index is 1600. The van der Waals surface area contributed by atoms with Crippen LogP contribution in [0.4, 0.5) is 10.5 Å². The summed E-state index contributed by atoms with van der Waals surface area (Å²) >= 11 is 0. The highest BCUT2D eigenvalue weighted by Crippen LogP contribution is 2.37. The van der Waals surface area contributed by atoms with Gasteiger partial charge in [0.05, 0.1) is 36.9 Å². The van der Waals surface area contributed by atoms with Crippen molar-refractivity contribution in [3.05, 3.63) is 88.5 Å². The third-order valence-corrected chi connectivity index (χ3v) is 7.37. The van der Waals surface area contributed by atoms with Crippen molar-refractivity contribution in [2.24, 2.45) is 0 Å². The molecule has 0 radical (unpaired) electrons. The molecule has 10 heteroatoms. The van der Waals surface area contributed by atoms with E-state index in [0.29, 0.717) is 52.8 Å². The molecular formula is C31H35N5O5. The van der Waals surface area contributed by atoms with E-state index < -0.39 is 12.1 Å². The first-order valence-electron chi connectivity index (χ1n) is 13.6. The lowest BCUT2D eigenvalue weighted by molar-refractivity contribution is 0.204. The second-order valence-electron chi connectivity index (χ2n) is 10.1. The van der Waals surface area contributed by atoms with Gasteiger partial charge in [0, 0.05) is 32.2 Å². The van der Waals surface area contributed by atoms with Gasteiger partial charge < -0.3 is 24.1 Å². The number of rotatable bonds is 7. The van der Waals surface area contributed by atoms with Crippen LogP contribution in [0.1, 0.15) is 24.4 Å². The Morgan fingerprint density at radius 2 is 1.61 bits per heavy atom.